The summed E-state index contributed by atoms with van der Waals surface area (Å²) in [6.07, 6.45) is 0. The van der Waals surface area contributed by atoms with E-state index < -0.39 is 0 Å². The Kier molecular flexibility index (Phi) is 7.51. The molecule has 0 aromatic heterocycles. The van der Waals surface area contributed by atoms with E-state index in [4.69, 9.17) is 21.9 Å². The first-order valence-electron chi connectivity index (χ1n) is 11.7. The van der Waals surface area contributed by atoms with Crippen molar-refractivity contribution in [2.75, 3.05) is 17.7 Å². The first kappa shape index (κ1) is 24.3. The molecule has 7 heteroatoms. The number of nitrogens with two attached hydrogens (primary N) is 2. The molecule has 0 heterocycles. The van der Waals surface area contributed by atoms with Crippen LogP contribution in [0.25, 0.3) is 11.1 Å². The maximum Gasteiger partial charge on any atom is 0.122 e. The van der Waals surface area contributed by atoms with E-state index in [0.29, 0.717) is 17.8 Å². The average molecular weight is 476 g/mol. The molecule has 4 aromatic carbocycles. The summed E-state index contributed by atoms with van der Waals surface area (Å²) in [4.78, 5) is 4.87. The van der Waals surface area contributed by atoms with Crippen molar-refractivity contribution in [1.29, 1.82) is 5.41 Å². The minimum absolute atomic E-state index is 0.0122. The molecule has 36 heavy (non-hydrogen) atoms. The lowest BCUT2D eigenvalue weighted by atomic mass is 9.90. The Morgan fingerprint density at radius 1 is 0.861 bits per heavy atom. The molecule has 0 saturated heterocycles. The first-order chi connectivity index (χ1) is 17.5. The number of nitrogens with one attached hydrogen (secondary N) is 2. The van der Waals surface area contributed by atoms with Gasteiger partial charge in [0.25, 0.3) is 0 Å². The van der Waals surface area contributed by atoms with E-state index >= 15 is 0 Å². The van der Waals surface area contributed by atoms with Gasteiger partial charge < -0.3 is 11.5 Å². The Hall–Kier alpha value is -4.78. The minimum Gasteiger partial charge on any atom is -0.399 e. The molecule has 0 aliphatic rings. The highest BCUT2D eigenvalue weighted by molar-refractivity contribution is 6.17. The zero-order chi connectivity index (χ0) is 25.5. The fraction of sp³-hybridized carbons (Fsp3) is 0.103. The molecule has 0 saturated carbocycles. The number of nitrogen functional groups attached to an aromatic ring is 2. The van der Waals surface area contributed by atoms with Gasteiger partial charge in [-0.2, -0.15) is 0 Å². The lowest BCUT2D eigenvalue weighted by Gasteiger charge is -2.16. The molecule has 0 amide bonds. The van der Waals surface area contributed by atoms with Gasteiger partial charge in [-0.25, -0.2) is 0 Å². The van der Waals surface area contributed by atoms with Gasteiger partial charge in [-0.3, -0.25) is 15.8 Å². The summed E-state index contributed by atoms with van der Waals surface area (Å²) < 4.78 is 0. The summed E-state index contributed by atoms with van der Waals surface area (Å²) in [5, 5.41) is 16.0. The van der Waals surface area contributed by atoms with Crippen LogP contribution in [0.5, 0.6) is 0 Å². The third kappa shape index (κ3) is 5.64. The van der Waals surface area contributed by atoms with Crippen molar-refractivity contribution in [3.05, 3.63) is 113 Å². The molecule has 4 aromatic rings. The number of rotatable bonds is 8. The summed E-state index contributed by atoms with van der Waals surface area (Å²) >= 11 is 0. The summed E-state index contributed by atoms with van der Waals surface area (Å²) in [5.41, 5.74) is 23.5. The van der Waals surface area contributed by atoms with Crippen molar-refractivity contribution >= 4 is 28.6 Å². The predicted octanol–water partition coefficient (Wildman–Crippen LogP) is 6.50. The average Bonchev–Trinajstić information content (AvgIpc) is 2.88. The topological polar surface area (TPSA) is 125 Å². The first-order valence-corrected chi connectivity index (χ1v) is 11.7. The monoisotopic (exact) mass is 475 g/mol. The largest absolute Gasteiger partial charge is 0.399 e. The highest BCUT2D eigenvalue weighted by Gasteiger charge is 2.15. The number of aliphatic imine (C=N–C) groups is 1. The van der Waals surface area contributed by atoms with Crippen LogP contribution in [0.1, 0.15) is 29.2 Å². The van der Waals surface area contributed by atoms with Gasteiger partial charge in [-0.15, -0.1) is 5.11 Å². The third-order valence-corrected chi connectivity index (χ3v) is 5.68. The highest BCUT2D eigenvalue weighted by atomic mass is 15.4. The fourth-order valence-electron chi connectivity index (χ4n) is 4.00. The van der Waals surface area contributed by atoms with E-state index in [2.05, 4.69) is 40.9 Å². The standard InChI is InChI=1S/C29H29N7/c1-3-33-28(20-8-5-4-6-9-20)27-18-24(13-15-26(27)25-14-12-22(30)16-19(25)2)35-36-34-23-11-7-10-21(17-23)29(31)32/h4-18H,3,30H2,1-2H3,(H3,31,32)(H,34,35)/b33-28+. The summed E-state index contributed by atoms with van der Waals surface area (Å²) in [6.45, 7) is 4.74. The van der Waals surface area contributed by atoms with Gasteiger partial charge >= 0.3 is 0 Å². The summed E-state index contributed by atoms with van der Waals surface area (Å²) in [6, 6.07) is 29.2. The zero-order valence-corrected chi connectivity index (χ0v) is 20.4. The molecule has 7 nitrogen and oxygen atoms in total. The van der Waals surface area contributed by atoms with Crippen LogP contribution < -0.4 is 16.9 Å². The van der Waals surface area contributed by atoms with E-state index in [1.807, 2.05) is 55.5 Å². The molecule has 0 atom stereocenters. The third-order valence-electron chi connectivity index (χ3n) is 5.68. The SMILES string of the molecule is CC/N=C(\c1ccccc1)c1cc(N/N=N/c2cccc(C(=N)N)c2)ccc1-c1ccc(N)cc1C. The predicted molar refractivity (Wildman–Crippen MR) is 149 cm³/mol. The number of hydrogen-bond donors (Lipinski definition) is 4. The van der Waals surface area contributed by atoms with E-state index in [9.17, 15) is 0 Å². The second kappa shape index (κ2) is 11.1. The molecule has 0 fully saturated rings. The number of amidine groups is 1. The molecular formula is C29H29N7. The molecule has 6 N–H and O–H groups in total. The van der Waals surface area contributed by atoms with Gasteiger partial charge in [-0.1, -0.05) is 59.8 Å². The van der Waals surface area contributed by atoms with Gasteiger partial charge in [0.05, 0.1) is 17.1 Å². The van der Waals surface area contributed by atoms with Crippen LogP contribution in [-0.2, 0) is 0 Å². The second-order valence-electron chi connectivity index (χ2n) is 8.30. The lowest BCUT2D eigenvalue weighted by molar-refractivity contribution is 1.12. The van der Waals surface area contributed by atoms with E-state index in [0.717, 1.165) is 44.9 Å². The van der Waals surface area contributed by atoms with E-state index in [1.54, 1.807) is 24.3 Å². The van der Waals surface area contributed by atoms with Crippen LogP contribution in [0.3, 0.4) is 0 Å². The number of benzene rings is 4. The van der Waals surface area contributed by atoms with Gasteiger partial charge in [0, 0.05) is 28.9 Å². The number of aryl methyl sites for hydroxylation is 1. The van der Waals surface area contributed by atoms with Crippen molar-refractivity contribution < 1.29 is 0 Å². The minimum atomic E-state index is -0.0122. The molecular weight excluding hydrogens is 446 g/mol. The molecule has 0 spiro atoms. The molecule has 4 rings (SSSR count). The molecule has 0 unspecified atom stereocenters. The summed E-state index contributed by atoms with van der Waals surface area (Å²) in [7, 11) is 0. The summed E-state index contributed by atoms with van der Waals surface area (Å²) in [5.74, 6) is -0.0122. The van der Waals surface area contributed by atoms with Gasteiger partial charge in [0.15, 0.2) is 0 Å². The quantitative estimate of drug-likeness (QED) is 0.0764. The smallest absolute Gasteiger partial charge is 0.122 e. The van der Waals surface area contributed by atoms with Gasteiger partial charge in [0.2, 0.25) is 0 Å². The van der Waals surface area contributed by atoms with E-state index in [-0.39, 0.29) is 5.84 Å². The Bertz CT molecular complexity index is 1440. The van der Waals surface area contributed by atoms with Crippen LogP contribution in [0.15, 0.2) is 106 Å². The number of hydrogen-bond acceptors (Lipinski definition) is 5. The molecule has 0 aliphatic carbocycles. The molecule has 0 aliphatic heterocycles. The van der Waals surface area contributed by atoms with Crippen LogP contribution in [0.4, 0.5) is 17.1 Å². The van der Waals surface area contributed by atoms with Crippen molar-refractivity contribution in [2.45, 2.75) is 13.8 Å². The van der Waals surface area contributed by atoms with Crippen molar-refractivity contribution in [2.24, 2.45) is 21.1 Å². The van der Waals surface area contributed by atoms with Crippen molar-refractivity contribution in [3.8, 4) is 11.1 Å². The number of anilines is 2. The fourth-order valence-corrected chi connectivity index (χ4v) is 4.00. The molecule has 0 bridgehead atoms. The Morgan fingerprint density at radius 3 is 2.33 bits per heavy atom. The van der Waals surface area contributed by atoms with Crippen molar-refractivity contribution in [3.63, 3.8) is 0 Å². The van der Waals surface area contributed by atoms with Crippen LogP contribution in [0, 0.1) is 12.3 Å². The van der Waals surface area contributed by atoms with Gasteiger partial charge in [-0.05, 0) is 66.9 Å². The van der Waals surface area contributed by atoms with Crippen LogP contribution in [0.2, 0.25) is 0 Å². The highest BCUT2D eigenvalue weighted by Crippen LogP contribution is 2.32. The number of nitrogens with zero attached hydrogens (tertiary/aromatic N) is 3. The van der Waals surface area contributed by atoms with Crippen molar-refractivity contribution in [1.82, 2.24) is 0 Å². The Morgan fingerprint density at radius 2 is 1.61 bits per heavy atom. The maximum absolute atomic E-state index is 7.60. The normalized spacial score (nSPS) is 11.6. The Balaban J connectivity index is 1.76. The molecule has 0 radical (unpaired) electrons. The lowest BCUT2D eigenvalue weighted by Crippen LogP contribution is -2.10. The zero-order valence-electron chi connectivity index (χ0n) is 20.4. The Labute approximate surface area is 211 Å². The maximum atomic E-state index is 7.60. The van der Waals surface area contributed by atoms with E-state index in [1.165, 1.54) is 0 Å². The van der Waals surface area contributed by atoms with Crippen LogP contribution in [-0.4, -0.2) is 18.1 Å². The second-order valence-corrected chi connectivity index (χ2v) is 8.30. The van der Waals surface area contributed by atoms with Gasteiger partial charge in [0.1, 0.15) is 5.84 Å². The van der Waals surface area contributed by atoms with Crippen LogP contribution >= 0.6 is 0 Å². The molecule has 180 valence electrons.